The molecule has 0 bridgehead atoms. The molecule has 0 saturated carbocycles. The summed E-state index contributed by atoms with van der Waals surface area (Å²) in [6.45, 7) is 7.89. The van der Waals surface area contributed by atoms with E-state index in [1.54, 1.807) is 0 Å². The maximum absolute atomic E-state index is 9.58. The van der Waals surface area contributed by atoms with Crippen molar-refractivity contribution in [3.05, 3.63) is 29.3 Å². The number of aliphatic hydroxyl groups excluding tert-OH is 1. The molecule has 0 spiro atoms. The highest BCUT2D eigenvalue weighted by molar-refractivity contribution is 5.33. The SMILES string of the molecule is CCNCC(O)COc1ccc(C)c(C)c1. The van der Waals surface area contributed by atoms with Gasteiger partial charge in [0, 0.05) is 6.54 Å². The molecule has 1 aromatic rings. The number of benzene rings is 1. The van der Waals surface area contributed by atoms with Gasteiger partial charge in [0.25, 0.3) is 0 Å². The Balaban J connectivity index is 2.39. The Morgan fingerprint density at radius 2 is 2.06 bits per heavy atom. The molecule has 90 valence electrons. The Morgan fingerprint density at radius 1 is 1.31 bits per heavy atom. The van der Waals surface area contributed by atoms with Gasteiger partial charge in [-0.05, 0) is 43.7 Å². The van der Waals surface area contributed by atoms with E-state index in [9.17, 15) is 5.11 Å². The minimum absolute atomic E-state index is 0.329. The highest BCUT2D eigenvalue weighted by Crippen LogP contribution is 2.16. The molecule has 0 aliphatic carbocycles. The van der Waals surface area contributed by atoms with Crippen molar-refractivity contribution in [2.75, 3.05) is 19.7 Å². The van der Waals surface area contributed by atoms with Crippen LogP contribution in [0.5, 0.6) is 5.75 Å². The third-order valence-electron chi connectivity index (χ3n) is 2.55. The number of aliphatic hydroxyl groups is 1. The molecule has 3 heteroatoms. The Morgan fingerprint density at radius 3 is 2.69 bits per heavy atom. The average molecular weight is 223 g/mol. The minimum Gasteiger partial charge on any atom is -0.491 e. The molecule has 3 nitrogen and oxygen atoms in total. The van der Waals surface area contributed by atoms with Gasteiger partial charge in [0.15, 0.2) is 0 Å². The van der Waals surface area contributed by atoms with Crippen molar-refractivity contribution in [3.8, 4) is 5.75 Å². The summed E-state index contributed by atoms with van der Waals surface area (Å²) in [5, 5.41) is 12.7. The molecule has 0 aromatic heterocycles. The Hall–Kier alpha value is -1.06. The summed E-state index contributed by atoms with van der Waals surface area (Å²) in [7, 11) is 0. The molecule has 0 fully saturated rings. The zero-order chi connectivity index (χ0) is 12.0. The van der Waals surface area contributed by atoms with Gasteiger partial charge in [0.05, 0.1) is 0 Å². The average Bonchev–Trinajstić information content (AvgIpc) is 2.28. The zero-order valence-corrected chi connectivity index (χ0v) is 10.3. The molecule has 0 amide bonds. The quantitative estimate of drug-likeness (QED) is 0.770. The van der Waals surface area contributed by atoms with E-state index in [0.717, 1.165) is 12.3 Å². The van der Waals surface area contributed by atoms with Crippen LogP contribution >= 0.6 is 0 Å². The first kappa shape index (κ1) is 13.0. The van der Waals surface area contributed by atoms with E-state index < -0.39 is 6.10 Å². The second-order valence-corrected chi connectivity index (χ2v) is 4.02. The summed E-state index contributed by atoms with van der Waals surface area (Å²) in [5.41, 5.74) is 2.46. The van der Waals surface area contributed by atoms with Gasteiger partial charge in [-0.15, -0.1) is 0 Å². The number of rotatable bonds is 6. The Kier molecular flexibility index (Phi) is 5.29. The third-order valence-corrected chi connectivity index (χ3v) is 2.55. The third kappa shape index (κ3) is 4.21. The fourth-order valence-corrected chi connectivity index (χ4v) is 1.37. The van der Waals surface area contributed by atoms with Crippen LogP contribution in [-0.4, -0.2) is 30.9 Å². The standard InChI is InChI=1S/C13H21NO2/c1-4-14-8-12(15)9-16-13-6-5-10(2)11(3)7-13/h5-7,12,14-15H,4,8-9H2,1-3H3. The van der Waals surface area contributed by atoms with Gasteiger partial charge >= 0.3 is 0 Å². The van der Waals surface area contributed by atoms with Crippen molar-refractivity contribution in [2.45, 2.75) is 26.9 Å². The molecule has 0 heterocycles. The fraction of sp³-hybridized carbons (Fsp3) is 0.538. The maximum Gasteiger partial charge on any atom is 0.119 e. The highest BCUT2D eigenvalue weighted by Gasteiger charge is 2.04. The van der Waals surface area contributed by atoms with Gasteiger partial charge in [0.2, 0.25) is 0 Å². The first-order chi connectivity index (χ1) is 7.63. The van der Waals surface area contributed by atoms with Gasteiger partial charge in [-0.2, -0.15) is 0 Å². The number of hydrogen-bond acceptors (Lipinski definition) is 3. The molecular formula is C13H21NO2. The molecule has 1 rings (SSSR count). The number of nitrogens with one attached hydrogen (secondary N) is 1. The van der Waals surface area contributed by atoms with Gasteiger partial charge in [-0.3, -0.25) is 0 Å². The number of likely N-dealkylation sites (N-methyl/N-ethyl adjacent to an activating group) is 1. The number of ether oxygens (including phenoxy) is 1. The summed E-state index contributed by atoms with van der Waals surface area (Å²) in [5.74, 6) is 0.818. The lowest BCUT2D eigenvalue weighted by Crippen LogP contribution is -2.31. The van der Waals surface area contributed by atoms with Crippen LogP contribution in [0.3, 0.4) is 0 Å². The zero-order valence-electron chi connectivity index (χ0n) is 10.3. The molecule has 0 aliphatic heterocycles. The van der Waals surface area contributed by atoms with Crippen molar-refractivity contribution < 1.29 is 9.84 Å². The monoisotopic (exact) mass is 223 g/mol. The van der Waals surface area contributed by atoms with Crippen LogP contribution in [0, 0.1) is 13.8 Å². The fourth-order valence-electron chi connectivity index (χ4n) is 1.37. The molecule has 1 unspecified atom stereocenters. The first-order valence-electron chi connectivity index (χ1n) is 5.72. The molecule has 16 heavy (non-hydrogen) atoms. The van der Waals surface area contributed by atoms with Crippen LogP contribution in [0.1, 0.15) is 18.1 Å². The van der Waals surface area contributed by atoms with Crippen LogP contribution in [0.4, 0.5) is 0 Å². The first-order valence-corrected chi connectivity index (χ1v) is 5.72. The van der Waals surface area contributed by atoms with Crippen molar-refractivity contribution in [3.63, 3.8) is 0 Å². The van der Waals surface area contributed by atoms with Gasteiger partial charge in [-0.25, -0.2) is 0 Å². The summed E-state index contributed by atoms with van der Waals surface area (Å²) in [6.07, 6.45) is -0.457. The summed E-state index contributed by atoms with van der Waals surface area (Å²) >= 11 is 0. The topological polar surface area (TPSA) is 41.5 Å². The maximum atomic E-state index is 9.58. The van der Waals surface area contributed by atoms with Crippen molar-refractivity contribution in [1.29, 1.82) is 0 Å². The second kappa shape index (κ2) is 6.51. The molecule has 0 radical (unpaired) electrons. The predicted molar refractivity (Wildman–Crippen MR) is 66.0 cm³/mol. The molecule has 1 atom stereocenters. The molecule has 0 saturated heterocycles. The van der Waals surface area contributed by atoms with Crippen molar-refractivity contribution >= 4 is 0 Å². The lowest BCUT2D eigenvalue weighted by atomic mass is 10.1. The predicted octanol–water partition coefficient (Wildman–Crippen LogP) is 1.65. The molecule has 0 aliphatic rings. The van der Waals surface area contributed by atoms with Gasteiger partial charge < -0.3 is 15.2 Å². The Labute approximate surface area is 97.4 Å². The molecule has 1 aromatic carbocycles. The van der Waals surface area contributed by atoms with Crippen LogP contribution in [-0.2, 0) is 0 Å². The summed E-state index contributed by atoms with van der Waals surface area (Å²) in [4.78, 5) is 0. The number of hydrogen-bond donors (Lipinski definition) is 2. The van der Waals surface area contributed by atoms with Crippen LogP contribution < -0.4 is 10.1 Å². The summed E-state index contributed by atoms with van der Waals surface area (Å²) in [6, 6.07) is 5.96. The lowest BCUT2D eigenvalue weighted by Gasteiger charge is -2.13. The Bertz CT molecular complexity index is 326. The van der Waals surface area contributed by atoms with E-state index in [1.165, 1.54) is 11.1 Å². The van der Waals surface area contributed by atoms with Crippen molar-refractivity contribution in [2.24, 2.45) is 0 Å². The van der Waals surface area contributed by atoms with Gasteiger partial charge in [-0.1, -0.05) is 13.0 Å². The summed E-state index contributed by atoms with van der Waals surface area (Å²) < 4.78 is 5.51. The smallest absolute Gasteiger partial charge is 0.119 e. The van der Waals surface area contributed by atoms with Crippen LogP contribution in [0.2, 0.25) is 0 Å². The second-order valence-electron chi connectivity index (χ2n) is 4.02. The lowest BCUT2D eigenvalue weighted by molar-refractivity contribution is 0.107. The molecular weight excluding hydrogens is 202 g/mol. The van der Waals surface area contributed by atoms with Crippen LogP contribution in [0.15, 0.2) is 18.2 Å². The minimum atomic E-state index is -0.457. The van der Waals surface area contributed by atoms with Crippen LogP contribution in [0.25, 0.3) is 0 Å². The van der Waals surface area contributed by atoms with E-state index in [1.807, 2.05) is 25.1 Å². The van der Waals surface area contributed by atoms with E-state index >= 15 is 0 Å². The van der Waals surface area contributed by atoms with Gasteiger partial charge in [0.1, 0.15) is 18.5 Å². The number of aryl methyl sites for hydroxylation is 2. The normalized spacial score (nSPS) is 12.5. The van der Waals surface area contributed by atoms with E-state index in [0.29, 0.717) is 13.2 Å². The van der Waals surface area contributed by atoms with Crippen molar-refractivity contribution in [1.82, 2.24) is 5.32 Å². The highest BCUT2D eigenvalue weighted by atomic mass is 16.5. The van der Waals surface area contributed by atoms with E-state index in [2.05, 4.69) is 19.2 Å². The van der Waals surface area contributed by atoms with E-state index in [4.69, 9.17) is 4.74 Å². The largest absolute Gasteiger partial charge is 0.491 e. The van der Waals surface area contributed by atoms with E-state index in [-0.39, 0.29) is 0 Å². The molecule has 2 N–H and O–H groups in total.